The molecule has 5 heteroatoms. The van der Waals surface area contributed by atoms with Gasteiger partial charge in [0.1, 0.15) is 11.5 Å². The molecule has 0 N–H and O–H groups in total. The molecule has 0 aromatic heterocycles. The molecule has 0 spiro atoms. The Balaban J connectivity index is 2.51. The van der Waals surface area contributed by atoms with E-state index in [1.807, 2.05) is 18.2 Å². The lowest BCUT2D eigenvalue weighted by Gasteiger charge is -2.17. The van der Waals surface area contributed by atoms with Crippen molar-refractivity contribution in [2.75, 3.05) is 14.2 Å². The Hall–Kier alpha value is -1.09. The summed E-state index contributed by atoms with van der Waals surface area (Å²) >= 11 is 18.7. The Morgan fingerprint density at radius 1 is 0.900 bits per heavy atom. The van der Waals surface area contributed by atoms with Crippen molar-refractivity contribution in [3.63, 3.8) is 0 Å². The molecule has 0 radical (unpaired) electrons. The summed E-state index contributed by atoms with van der Waals surface area (Å²) in [7, 11) is 3.19. The summed E-state index contributed by atoms with van der Waals surface area (Å²) in [6, 6.07) is 10.6. The van der Waals surface area contributed by atoms with Gasteiger partial charge in [-0.1, -0.05) is 23.2 Å². The normalized spacial score (nSPS) is 12.1. The molecular formula is C15H13Cl3O2. The fraction of sp³-hybridized carbons (Fsp3) is 0.200. The highest BCUT2D eigenvalue weighted by atomic mass is 35.5. The van der Waals surface area contributed by atoms with Gasteiger partial charge in [0.25, 0.3) is 0 Å². The average Bonchev–Trinajstić information content (AvgIpc) is 2.48. The molecule has 1 atom stereocenters. The second kappa shape index (κ2) is 6.57. The molecule has 1 unspecified atom stereocenters. The van der Waals surface area contributed by atoms with Crippen LogP contribution in [-0.2, 0) is 0 Å². The Morgan fingerprint density at radius 3 is 2.30 bits per heavy atom. The van der Waals surface area contributed by atoms with E-state index in [2.05, 4.69) is 0 Å². The maximum absolute atomic E-state index is 6.54. The summed E-state index contributed by atoms with van der Waals surface area (Å²) in [5.74, 6) is 1.37. The third kappa shape index (κ3) is 3.14. The maximum atomic E-state index is 6.54. The third-order valence-corrected chi connectivity index (χ3v) is 3.99. The minimum Gasteiger partial charge on any atom is -0.497 e. The predicted molar refractivity (Wildman–Crippen MR) is 83.7 cm³/mol. The largest absolute Gasteiger partial charge is 0.497 e. The molecule has 20 heavy (non-hydrogen) atoms. The number of hydrogen-bond donors (Lipinski definition) is 0. The third-order valence-electron chi connectivity index (χ3n) is 2.94. The highest BCUT2D eigenvalue weighted by molar-refractivity contribution is 6.35. The molecule has 0 heterocycles. The van der Waals surface area contributed by atoms with Gasteiger partial charge in [0.2, 0.25) is 0 Å². The minimum absolute atomic E-state index is 0.480. The van der Waals surface area contributed by atoms with Crippen LogP contribution >= 0.6 is 34.8 Å². The number of rotatable bonds is 4. The van der Waals surface area contributed by atoms with Crippen LogP contribution < -0.4 is 9.47 Å². The first-order chi connectivity index (χ1) is 9.56. The Morgan fingerprint density at radius 2 is 1.65 bits per heavy atom. The van der Waals surface area contributed by atoms with Gasteiger partial charge in [0.05, 0.1) is 19.6 Å². The lowest BCUT2D eigenvalue weighted by molar-refractivity contribution is 0.399. The summed E-state index contributed by atoms with van der Waals surface area (Å²) in [5, 5.41) is 0.655. The van der Waals surface area contributed by atoms with E-state index in [1.54, 1.807) is 32.4 Å². The van der Waals surface area contributed by atoms with Crippen molar-refractivity contribution < 1.29 is 9.47 Å². The number of ether oxygens (including phenoxy) is 2. The monoisotopic (exact) mass is 330 g/mol. The lowest BCUT2D eigenvalue weighted by atomic mass is 10.0. The van der Waals surface area contributed by atoms with E-state index in [0.29, 0.717) is 21.5 Å². The van der Waals surface area contributed by atoms with Crippen LogP contribution in [0.1, 0.15) is 16.5 Å². The van der Waals surface area contributed by atoms with Gasteiger partial charge in [-0.3, -0.25) is 0 Å². The standard InChI is InChI=1S/C15H13Cl3O2/c1-19-10-4-6-14(20-2)12(8-10)15(18)11-7-9(16)3-5-13(11)17/h3-8,15H,1-2H3. The van der Waals surface area contributed by atoms with Crippen molar-refractivity contribution in [1.29, 1.82) is 0 Å². The molecule has 0 saturated heterocycles. The molecule has 0 amide bonds. The predicted octanol–water partition coefficient (Wildman–Crippen LogP) is 5.34. The Kier molecular flexibility index (Phi) is 5.03. The van der Waals surface area contributed by atoms with Gasteiger partial charge >= 0.3 is 0 Å². The van der Waals surface area contributed by atoms with Crippen LogP contribution in [0.2, 0.25) is 10.0 Å². The van der Waals surface area contributed by atoms with E-state index in [4.69, 9.17) is 44.3 Å². The minimum atomic E-state index is -0.480. The van der Waals surface area contributed by atoms with Crippen LogP contribution in [0.15, 0.2) is 36.4 Å². The molecule has 0 saturated carbocycles. The van der Waals surface area contributed by atoms with Crippen molar-refractivity contribution in [3.8, 4) is 11.5 Å². The van der Waals surface area contributed by atoms with Crippen molar-refractivity contribution in [2.45, 2.75) is 5.38 Å². The van der Waals surface area contributed by atoms with Crippen molar-refractivity contribution in [3.05, 3.63) is 57.6 Å². The molecule has 106 valence electrons. The van der Waals surface area contributed by atoms with E-state index in [9.17, 15) is 0 Å². The zero-order valence-corrected chi connectivity index (χ0v) is 13.3. The van der Waals surface area contributed by atoms with E-state index < -0.39 is 5.38 Å². The molecule has 2 aromatic carbocycles. The van der Waals surface area contributed by atoms with Gasteiger partial charge in [-0.05, 0) is 42.0 Å². The molecule has 0 aliphatic heterocycles. The fourth-order valence-corrected chi connectivity index (χ4v) is 2.73. The van der Waals surface area contributed by atoms with Crippen LogP contribution in [0.25, 0.3) is 0 Å². The summed E-state index contributed by atoms with van der Waals surface area (Å²) in [6.07, 6.45) is 0. The smallest absolute Gasteiger partial charge is 0.124 e. The topological polar surface area (TPSA) is 18.5 Å². The van der Waals surface area contributed by atoms with Crippen LogP contribution in [0.5, 0.6) is 11.5 Å². The zero-order chi connectivity index (χ0) is 14.7. The van der Waals surface area contributed by atoms with Gasteiger partial charge in [0.15, 0.2) is 0 Å². The second-order valence-corrected chi connectivity index (χ2v) is 5.42. The first kappa shape index (κ1) is 15.3. The number of methoxy groups -OCH3 is 2. The highest BCUT2D eigenvalue weighted by Crippen LogP contribution is 2.40. The van der Waals surface area contributed by atoms with E-state index in [1.165, 1.54) is 0 Å². The SMILES string of the molecule is COc1ccc(OC)c(C(Cl)c2cc(Cl)ccc2Cl)c1. The number of alkyl halides is 1. The molecule has 2 rings (SSSR count). The van der Waals surface area contributed by atoms with Crippen LogP contribution in [0, 0.1) is 0 Å². The Labute approximate surface area is 133 Å². The summed E-state index contributed by atoms with van der Waals surface area (Å²) in [5.41, 5.74) is 1.50. The van der Waals surface area contributed by atoms with E-state index in [0.717, 1.165) is 11.1 Å². The van der Waals surface area contributed by atoms with Crippen molar-refractivity contribution in [1.82, 2.24) is 0 Å². The second-order valence-electron chi connectivity index (χ2n) is 4.14. The van der Waals surface area contributed by atoms with E-state index in [-0.39, 0.29) is 0 Å². The lowest BCUT2D eigenvalue weighted by Crippen LogP contribution is -1.99. The molecule has 0 fully saturated rings. The number of benzene rings is 2. The molecule has 0 aliphatic rings. The van der Waals surface area contributed by atoms with Crippen molar-refractivity contribution >= 4 is 34.8 Å². The maximum Gasteiger partial charge on any atom is 0.124 e. The average molecular weight is 332 g/mol. The van der Waals surface area contributed by atoms with Gasteiger partial charge in [0, 0.05) is 15.6 Å². The summed E-state index contributed by atoms with van der Waals surface area (Å²) in [6.45, 7) is 0. The number of hydrogen-bond acceptors (Lipinski definition) is 2. The molecule has 0 aliphatic carbocycles. The van der Waals surface area contributed by atoms with Gasteiger partial charge < -0.3 is 9.47 Å². The molecule has 2 nitrogen and oxygen atoms in total. The zero-order valence-electron chi connectivity index (χ0n) is 11.0. The quantitative estimate of drug-likeness (QED) is 0.704. The van der Waals surface area contributed by atoms with Crippen LogP contribution in [0.4, 0.5) is 0 Å². The summed E-state index contributed by atoms with van der Waals surface area (Å²) < 4.78 is 10.6. The van der Waals surface area contributed by atoms with E-state index >= 15 is 0 Å². The Bertz CT molecular complexity index is 614. The molecule has 0 bridgehead atoms. The van der Waals surface area contributed by atoms with Gasteiger partial charge in [-0.25, -0.2) is 0 Å². The highest BCUT2D eigenvalue weighted by Gasteiger charge is 2.19. The van der Waals surface area contributed by atoms with Gasteiger partial charge in [-0.2, -0.15) is 0 Å². The molecular weight excluding hydrogens is 319 g/mol. The van der Waals surface area contributed by atoms with Gasteiger partial charge in [-0.15, -0.1) is 11.6 Å². The first-order valence-corrected chi connectivity index (χ1v) is 7.07. The first-order valence-electron chi connectivity index (χ1n) is 5.87. The summed E-state index contributed by atoms with van der Waals surface area (Å²) in [4.78, 5) is 0. The van der Waals surface area contributed by atoms with Crippen LogP contribution in [-0.4, -0.2) is 14.2 Å². The number of halogens is 3. The molecule has 2 aromatic rings. The van der Waals surface area contributed by atoms with Crippen molar-refractivity contribution in [2.24, 2.45) is 0 Å². The fourth-order valence-electron chi connectivity index (χ4n) is 1.91. The van der Waals surface area contributed by atoms with Crippen LogP contribution in [0.3, 0.4) is 0 Å².